The molecule has 21 heavy (non-hydrogen) atoms. The largest absolute Gasteiger partial charge is 0.454 e. The third-order valence-corrected chi connectivity index (χ3v) is 5.06. The summed E-state index contributed by atoms with van der Waals surface area (Å²) in [5.41, 5.74) is 1.58. The third kappa shape index (κ3) is 3.94. The minimum atomic E-state index is -3.46. The van der Waals surface area contributed by atoms with Crippen molar-refractivity contribution < 1.29 is 17.9 Å². The van der Waals surface area contributed by atoms with Crippen LogP contribution in [-0.2, 0) is 19.4 Å². The molecule has 0 aromatic heterocycles. The van der Waals surface area contributed by atoms with Crippen LogP contribution in [0.4, 0.5) is 0 Å². The molecule has 0 radical (unpaired) electrons. The Morgan fingerprint density at radius 3 is 2.38 bits per heavy atom. The number of hydrogen-bond acceptors (Lipinski definition) is 4. The van der Waals surface area contributed by atoms with Crippen LogP contribution in [0.15, 0.2) is 40.8 Å². The first kappa shape index (κ1) is 15.8. The summed E-state index contributed by atoms with van der Waals surface area (Å²) in [5, 5.41) is 0. The molecule has 114 valence electrons. The van der Waals surface area contributed by atoms with Gasteiger partial charge in [0.1, 0.15) is 6.10 Å². The topological polar surface area (TPSA) is 60.4 Å². The van der Waals surface area contributed by atoms with E-state index in [2.05, 4.69) is 0 Å². The van der Waals surface area contributed by atoms with Crippen LogP contribution in [0.2, 0.25) is 0 Å². The first-order chi connectivity index (χ1) is 9.78. The van der Waals surface area contributed by atoms with Gasteiger partial charge in [0.25, 0.3) is 0 Å². The van der Waals surface area contributed by atoms with Crippen molar-refractivity contribution in [2.24, 2.45) is 5.92 Å². The van der Waals surface area contributed by atoms with E-state index in [0.717, 1.165) is 5.56 Å². The second kappa shape index (κ2) is 6.02. The average molecular weight is 308 g/mol. The van der Waals surface area contributed by atoms with Crippen LogP contribution in [0.1, 0.15) is 25.8 Å². The second-order valence-electron chi connectivity index (χ2n) is 5.83. The zero-order chi connectivity index (χ0) is 15.6. The van der Waals surface area contributed by atoms with Crippen molar-refractivity contribution in [3.05, 3.63) is 41.5 Å². The van der Waals surface area contributed by atoms with Crippen molar-refractivity contribution in [2.45, 2.75) is 38.2 Å². The summed E-state index contributed by atoms with van der Waals surface area (Å²) in [6.07, 6.45) is 1.58. The van der Waals surface area contributed by atoms with Crippen molar-refractivity contribution in [1.29, 1.82) is 0 Å². The van der Waals surface area contributed by atoms with Gasteiger partial charge in [0.2, 0.25) is 0 Å². The summed E-state index contributed by atoms with van der Waals surface area (Å²) in [5.74, 6) is -0.271. The van der Waals surface area contributed by atoms with E-state index >= 15 is 0 Å². The molecule has 1 aromatic rings. The maximum absolute atomic E-state index is 12.3. The van der Waals surface area contributed by atoms with E-state index in [9.17, 15) is 13.2 Å². The molecule has 1 atom stereocenters. The van der Waals surface area contributed by atoms with Gasteiger partial charge in [-0.05, 0) is 37.5 Å². The van der Waals surface area contributed by atoms with Crippen LogP contribution < -0.4 is 0 Å². The fourth-order valence-corrected chi connectivity index (χ4v) is 3.61. The summed E-state index contributed by atoms with van der Waals surface area (Å²) < 4.78 is 29.8. The summed E-state index contributed by atoms with van der Waals surface area (Å²) in [6.45, 7) is 5.91. The molecule has 4 nitrogen and oxygen atoms in total. The Balaban J connectivity index is 2.13. The molecule has 1 heterocycles. The summed E-state index contributed by atoms with van der Waals surface area (Å²) in [4.78, 5) is 12.0. The van der Waals surface area contributed by atoms with Crippen LogP contribution in [0.3, 0.4) is 0 Å². The number of benzene rings is 1. The SMILES string of the molecule is Cc1ccc(S(=O)(=O)C[C@H]2C=C(CC(C)C)C(=O)O2)cc1. The normalized spacial score (nSPS) is 18.8. The molecule has 0 saturated heterocycles. The fourth-order valence-electron chi connectivity index (χ4n) is 2.27. The van der Waals surface area contributed by atoms with Crippen LogP contribution in [-0.4, -0.2) is 26.2 Å². The Morgan fingerprint density at radius 2 is 1.81 bits per heavy atom. The number of carbonyl (C=O) groups is 1. The molecule has 5 heteroatoms. The van der Waals surface area contributed by atoms with E-state index in [1.807, 2.05) is 20.8 Å². The molecule has 0 fully saturated rings. The highest BCUT2D eigenvalue weighted by molar-refractivity contribution is 7.91. The Bertz CT molecular complexity index is 654. The molecule has 0 spiro atoms. The van der Waals surface area contributed by atoms with Crippen molar-refractivity contribution >= 4 is 15.8 Å². The number of sulfone groups is 1. The molecule has 1 aliphatic heterocycles. The van der Waals surface area contributed by atoms with Gasteiger partial charge in [-0.2, -0.15) is 0 Å². The molecular formula is C16H20O4S. The quantitative estimate of drug-likeness (QED) is 0.785. The van der Waals surface area contributed by atoms with Crippen molar-refractivity contribution in [3.8, 4) is 0 Å². The van der Waals surface area contributed by atoms with E-state index in [-0.39, 0.29) is 10.6 Å². The highest BCUT2D eigenvalue weighted by Gasteiger charge is 2.30. The van der Waals surface area contributed by atoms with Gasteiger partial charge in [0.15, 0.2) is 9.84 Å². The van der Waals surface area contributed by atoms with Crippen LogP contribution >= 0.6 is 0 Å². The number of esters is 1. The Kier molecular flexibility index (Phi) is 4.52. The predicted molar refractivity (Wildman–Crippen MR) is 80.6 cm³/mol. The van der Waals surface area contributed by atoms with E-state index in [1.54, 1.807) is 30.3 Å². The van der Waals surface area contributed by atoms with Gasteiger partial charge in [-0.25, -0.2) is 13.2 Å². The molecule has 0 unspecified atom stereocenters. The van der Waals surface area contributed by atoms with E-state index < -0.39 is 21.9 Å². The molecule has 0 aliphatic carbocycles. The standard InChI is InChI=1S/C16H20O4S/c1-11(2)8-13-9-14(20-16(13)17)10-21(18,19)15-6-4-12(3)5-7-15/h4-7,9,11,14H,8,10H2,1-3H3/t14-/m1/s1. The van der Waals surface area contributed by atoms with Gasteiger partial charge >= 0.3 is 5.97 Å². The number of cyclic esters (lactones) is 1. The van der Waals surface area contributed by atoms with Crippen molar-refractivity contribution in [3.63, 3.8) is 0 Å². The third-order valence-electron chi connectivity index (χ3n) is 3.30. The number of rotatable bonds is 5. The number of carbonyl (C=O) groups excluding carboxylic acids is 1. The smallest absolute Gasteiger partial charge is 0.334 e. The molecule has 0 saturated carbocycles. The molecule has 1 aliphatic rings. The van der Waals surface area contributed by atoms with Gasteiger partial charge in [-0.1, -0.05) is 31.5 Å². The minimum Gasteiger partial charge on any atom is -0.454 e. The first-order valence-corrected chi connectivity index (χ1v) is 8.64. The molecule has 2 rings (SSSR count). The summed E-state index contributed by atoms with van der Waals surface area (Å²) >= 11 is 0. The molecule has 0 bridgehead atoms. The van der Waals surface area contributed by atoms with Gasteiger partial charge in [0, 0.05) is 5.57 Å². The molecule has 0 amide bonds. The van der Waals surface area contributed by atoms with Gasteiger partial charge in [-0.3, -0.25) is 0 Å². The monoisotopic (exact) mass is 308 g/mol. The lowest BCUT2D eigenvalue weighted by Gasteiger charge is -2.09. The van der Waals surface area contributed by atoms with Crippen molar-refractivity contribution in [2.75, 3.05) is 5.75 Å². The summed E-state index contributed by atoms with van der Waals surface area (Å²) in [6, 6.07) is 6.68. The zero-order valence-electron chi connectivity index (χ0n) is 12.5. The Hall–Kier alpha value is -1.62. The van der Waals surface area contributed by atoms with E-state index in [4.69, 9.17) is 4.74 Å². The van der Waals surface area contributed by atoms with E-state index in [0.29, 0.717) is 17.9 Å². The molecule has 0 N–H and O–H groups in total. The summed E-state index contributed by atoms with van der Waals surface area (Å²) in [7, 11) is -3.46. The predicted octanol–water partition coefficient (Wildman–Crippen LogP) is 2.67. The Morgan fingerprint density at radius 1 is 1.19 bits per heavy atom. The first-order valence-electron chi connectivity index (χ1n) is 6.99. The average Bonchev–Trinajstić information content (AvgIpc) is 2.68. The lowest BCUT2D eigenvalue weighted by atomic mass is 10.0. The second-order valence-corrected chi connectivity index (χ2v) is 7.86. The lowest BCUT2D eigenvalue weighted by molar-refractivity contribution is -0.139. The number of ether oxygens (including phenoxy) is 1. The minimum absolute atomic E-state index is 0.205. The molecule has 1 aromatic carbocycles. The van der Waals surface area contributed by atoms with Gasteiger partial charge < -0.3 is 4.74 Å². The van der Waals surface area contributed by atoms with Gasteiger partial charge in [0.05, 0.1) is 10.6 Å². The van der Waals surface area contributed by atoms with Crippen LogP contribution in [0.25, 0.3) is 0 Å². The maximum Gasteiger partial charge on any atom is 0.334 e. The lowest BCUT2D eigenvalue weighted by Crippen LogP contribution is -2.21. The van der Waals surface area contributed by atoms with Gasteiger partial charge in [-0.15, -0.1) is 0 Å². The zero-order valence-corrected chi connectivity index (χ0v) is 13.3. The number of aryl methyl sites for hydroxylation is 1. The van der Waals surface area contributed by atoms with Crippen LogP contribution in [0, 0.1) is 12.8 Å². The fraction of sp³-hybridized carbons (Fsp3) is 0.438. The highest BCUT2D eigenvalue weighted by Crippen LogP contribution is 2.23. The Labute approximate surface area is 125 Å². The van der Waals surface area contributed by atoms with Crippen LogP contribution in [0.5, 0.6) is 0 Å². The van der Waals surface area contributed by atoms with Crippen molar-refractivity contribution in [1.82, 2.24) is 0 Å². The number of hydrogen-bond donors (Lipinski definition) is 0. The highest BCUT2D eigenvalue weighted by atomic mass is 32.2. The van der Waals surface area contributed by atoms with E-state index in [1.165, 1.54) is 0 Å². The molecular weight excluding hydrogens is 288 g/mol. The maximum atomic E-state index is 12.3.